The number of hydrogen-bond acceptors (Lipinski definition) is 4. The standard InChI is InChI=1S/C17H13ClFN5O/c18-11-8-12(10-20-9-11)24-7-3-14(23-24)22-16(25)17(4-5-17)15-13(19)2-1-6-21-15/h1-3,6-10H,4-5H2,(H,22,23,25). The Kier molecular flexibility index (Phi) is 3.73. The smallest absolute Gasteiger partial charge is 0.237 e. The maximum absolute atomic E-state index is 14.0. The summed E-state index contributed by atoms with van der Waals surface area (Å²) in [5, 5.41) is 7.52. The molecule has 1 aliphatic rings. The van der Waals surface area contributed by atoms with Gasteiger partial charge >= 0.3 is 0 Å². The highest BCUT2D eigenvalue weighted by molar-refractivity contribution is 6.30. The molecule has 0 aliphatic heterocycles. The minimum atomic E-state index is -0.910. The quantitative estimate of drug-likeness (QED) is 0.778. The number of nitrogens with zero attached hydrogens (tertiary/aromatic N) is 4. The van der Waals surface area contributed by atoms with E-state index < -0.39 is 11.2 Å². The van der Waals surface area contributed by atoms with Gasteiger partial charge in [-0.2, -0.15) is 5.10 Å². The first-order chi connectivity index (χ1) is 12.1. The van der Waals surface area contributed by atoms with Crippen molar-refractivity contribution in [2.45, 2.75) is 18.3 Å². The number of aromatic nitrogens is 4. The molecule has 8 heteroatoms. The van der Waals surface area contributed by atoms with Crippen LogP contribution >= 0.6 is 11.6 Å². The van der Waals surface area contributed by atoms with Crippen molar-refractivity contribution in [3.63, 3.8) is 0 Å². The molecule has 0 unspecified atom stereocenters. The largest absolute Gasteiger partial charge is 0.308 e. The van der Waals surface area contributed by atoms with Gasteiger partial charge in [0.05, 0.1) is 28.0 Å². The van der Waals surface area contributed by atoms with E-state index in [0.29, 0.717) is 29.4 Å². The van der Waals surface area contributed by atoms with Crippen LogP contribution in [0.25, 0.3) is 5.69 Å². The van der Waals surface area contributed by atoms with Gasteiger partial charge in [0.15, 0.2) is 5.82 Å². The van der Waals surface area contributed by atoms with E-state index in [1.54, 1.807) is 29.2 Å². The number of rotatable bonds is 4. The van der Waals surface area contributed by atoms with Gasteiger partial charge in [-0.25, -0.2) is 9.07 Å². The SMILES string of the molecule is O=C(Nc1ccn(-c2cncc(Cl)c2)n1)C1(c2ncccc2F)CC1. The molecule has 25 heavy (non-hydrogen) atoms. The van der Waals surface area contributed by atoms with Crippen LogP contribution in [0.5, 0.6) is 0 Å². The second-order valence-corrected chi connectivity index (χ2v) is 6.31. The van der Waals surface area contributed by atoms with Crippen LogP contribution in [-0.2, 0) is 10.2 Å². The van der Waals surface area contributed by atoms with E-state index in [4.69, 9.17) is 11.6 Å². The van der Waals surface area contributed by atoms with Gasteiger partial charge in [0.1, 0.15) is 5.82 Å². The molecule has 1 N–H and O–H groups in total. The summed E-state index contributed by atoms with van der Waals surface area (Å²) in [7, 11) is 0. The van der Waals surface area contributed by atoms with Crippen molar-refractivity contribution >= 4 is 23.3 Å². The summed E-state index contributed by atoms with van der Waals surface area (Å²) >= 11 is 5.92. The van der Waals surface area contributed by atoms with E-state index in [1.165, 1.54) is 24.5 Å². The fourth-order valence-electron chi connectivity index (χ4n) is 2.73. The summed E-state index contributed by atoms with van der Waals surface area (Å²) in [6.07, 6.45) is 7.43. The molecule has 0 spiro atoms. The highest BCUT2D eigenvalue weighted by atomic mass is 35.5. The number of halogens is 2. The van der Waals surface area contributed by atoms with Crippen molar-refractivity contribution in [3.8, 4) is 5.69 Å². The van der Waals surface area contributed by atoms with Gasteiger partial charge in [-0.15, -0.1) is 0 Å². The molecule has 6 nitrogen and oxygen atoms in total. The normalized spacial score (nSPS) is 15.0. The van der Waals surface area contributed by atoms with Crippen LogP contribution in [0.1, 0.15) is 18.5 Å². The summed E-state index contributed by atoms with van der Waals surface area (Å²) in [6.45, 7) is 0. The molecule has 1 fully saturated rings. The molecule has 1 saturated carbocycles. The molecule has 0 bridgehead atoms. The highest BCUT2D eigenvalue weighted by Crippen LogP contribution is 2.48. The Morgan fingerprint density at radius 3 is 2.88 bits per heavy atom. The summed E-state index contributed by atoms with van der Waals surface area (Å²) in [4.78, 5) is 20.7. The van der Waals surface area contributed by atoms with Gasteiger partial charge < -0.3 is 5.32 Å². The molecule has 3 aromatic heterocycles. The van der Waals surface area contributed by atoms with Crippen LogP contribution in [0.4, 0.5) is 10.2 Å². The number of carbonyl (C=O) groups excluding carboxylic acids is 1. The topological polar surface area (TPSA) is 72.7 Å². The molecule has 3 aromatic rings. The second-order valence-electron chi connectivity index (χ2n) is 5.88. The van der Waals surface area contributed by atoms with Crippen LogP contribution in [0.15, 0.2) is 49.1 Å². The predicted molar refractivity (Wildman–Crippen MR) is 90.1 cm³/mol. The van der Waals surface area contributed by atoms with Crippen LogP contribution in [-0.4, -0.2) is 25.7 Å². The summed E-state index contributed by atoms with van der Waals surface area (Å²) in [6, 6.07) is 6.19. The van der Waals surface area contributed by atoms with Crippen molar-refractivity contribution in [3.05, 3.63) is 65.6 Å². The maximum atomic E-state index is 14.0. The van der Waals surface area contributed by atoms with Crippen LogP contribution in [0.2, 0.25) is 5.02 Å². The maximum Gasteiger partial charge on any atom is 0.237 e. The first-order valence-corrected chi connectivity index (χ1v) is 8.05. The number of anilines is 1. The van der Waals surface area contributed by atoms with Crippen molar-refractivity contribution < 1.29 is 9.18 Å². The van der Waals surface area contributed by atoms with Crippen molar-refractivity contribution in [1.82, 2.24) is 19.7 Å². The monoisotopic (exact) mass is 357 g/mol. The Morgan fingerprint density at radius 1 is 1.32 bits per heavy atom. The Morgan fingerprint density at radius 2 is 2.16 bits per heavy atom. The van der Waals surface area contributed by atoms with E-state index >= 15 is 0 Å². The Labute approximate surface area is 147 Å². The molecule has 126 valence electrons. The summed E-state index contributed by atoms with van der Waals surface area (Å²) in [5.41, 5.74) is -0.0527. The summed E-state index contributed by atoms with van der Waals surface area (Å²) in [5.74, 6) is -0.405. The third kappa shape index (κ3) is 2.87. The van der Waals surface area contributed by atoms with Crippen molar-refractivity contribution in [1.29, 1.82) is 0 Å². The lowest BCUT2D eigenvalue weighted by atomic mass is 10.00. The lowest BCUT2D eigenvalue weighted by Gasteiger charge is -2.14. The van der Waals surface area contributed by atoms with Gasteiger partial charge in [0.25, 0.3) is 0 Å². The molecule has 3 heterocycles. The van der Waals surface area contributed by atoms with Gasteiger partial charge in [-0.1, -0.05) is 11.6 Å². The molecule has 1 amide bonds. The zero-order valence-corrected chi connectivity index (χ0v) is 13.7. The number of amides is 1. The minimum absolute atomic E-state index is 0.186. The molecular weight excluding hydrogens is 345 g/mol. The number of carbonyl (C=O) groups is 1. The average Bonchev–Trinajstić information content (AvgIpc) is 3.28. The lowest BCUT2D eigenvalue weighted by Crippen LogP contribution is -2.29. The first kappa shape index (κ1) is 15.7. The third-order valence-electron chi connectivity index (χ3n) is 4.18. The molecule has 1 aliphatic carbocycles. The minimum Gasteiger partial charge on any atom is -0.308 e. The van der Waals surface area contributed by atoms with Crippen LogP contribution < -0.4 is 5.32 Å². The van der Waals surface area contributed by atoms with E-state index in [9.17, 15) is 9.18 Å². The van der Waals surface area contributed by atoms with E-state index in [1.807, 2.05) is 0 Å². The summed E-state index contributed by atoms with van der Waals surface area (Å²) < 4.78 is 15.6. The lowest BCUT2D eigenvalue weighted by molar-refractivity contribution is -0.118. The Hall–Kier alpha value is -2.80. The van der Waals surface area contributed by atoms with Gasteiger partial charge in [0.2, 0.25) is 5.91 Å². The predicted octanol–water partition coefficient (Wildman–Crippen LogP) is 3.13. The number of pyridine rings is 2. The molecule has 0 aromatic carbocycles. The van der Waals surface area contributed by atoms with Crippen molar-refractivity contribution in [2.75, 3.05) is 5.32 Å². The fourth-order valence-corrected chi connectivity index (χ4v) is 2.90. The second kappa shape index (κ2) is 5.93. The van der Waals surface area contributed by atoms with Gasteiger partial charge in [0, 0.05) is 24.7 Å². The third-order valence-corrected chi connectivity index (χ3v) is 4.39. The molecule has 0 saturated heterocycles. The Bertz CT molecular complexity index is 953. The molecule has 0 atom stereocenters. The highest BCUT2D eigenvalue weighted by Gasteiger charge is 2.54. The van der Waals surface area contributed by atoms with E-state index in [2.05, 4.69) is 20.4 Å². The molecule has 0 radical (unpaired) electrons. The number of hydrogen-bond donors (Lipinski definition) is 1. The van der Waals surface area contributed by atoms with E-state index in [-0.39, 0.29) is 11.6 Å². The van der Waals surface area contributed by atoms with Crippen LogP contribution in [0.3, 0.4) is 0 Å². The zero-order chi connectivity index (χ0) is 17.4. The van der Waals surface area contributed by atoms with E-state index in [0.717, 1.165) is 0 Å². The molecular formula is C17H13ClFN5O. The zero-order valence-electron chi connectivity index (χ0n) is 13.0. The van der Waals surface area contributed by atoms with Gasteiger partial charge in [-0.3, -0.25) is 14.8 Å². The first-order valence-electron chi connectivity index (χ1n) is 7.67. The van der Waals surface area contributed by atoms with Gasteiger partial charge in [-0.05, 0) is 31.0 Å². The fraction of sp³-hybridized carbons (Fsp3) is 0.176. The Balaban J connectivity index is 1.55. The van der Waals surface area contributed by atoms with Crippen LogP contribution in [0, 0.1) is 5.82 Å². The van der Waals surface area contributed by atoms with Crippen molar-refractivity contribution in [2.24, 2.45) is 0 Å². The number of nitrogens with one attached hydrogen (secondary N) is 1. The average molecular weight is 358 g/mol. The molecule has 4 rings (SSSR count).